The van der Waals surface area contributed by atoms with Crippen molar-refractivity contribution in [2.24, 2.45) is 0 Å². The number of aromatic nitrogens is 6. The highest BCUT2D eigenvalue weighted by molar-refractivity contribution is 7.66. The van der Waals surface area contributed by atoms with Crippen LogP contribution >= 0.6 is 35.1 Å². The number of hydrogen-bond donors (Lipinski definition) is 9. The van der Waals surface area contributed by atoms with Crippen LogP contribution in [0, 0.1) is 0 Å². The van der Waals surface area contributed by atoms with Crippen molar-refractivity contribution in [1.29, 1.82) is 0 Å². The van der Waals surface area contributed by atoms with Crippen LogP contribution in [0.1, 0.15) is 11.8 Å². The number of anilines is 4. The van der Waals surface area contributed by atoms with Crippen LogP contribution in [0.5, 0.6) is 5.75 Å². The van der Waals surface area contributed by atoms with Crippen LogP contribution < -0.4 is 37.1 Å². The van der Waals surface area contributed by atoms with Gasteiger partial charge in [0.15, 0.2) is 23.2 Å². The fourth-order valence-corrected chi connectivity index (χ4v) is 11.2. The van der Waals surface area contributed by atoms with Gasteiger partial charge in [-0.25, -0.2) is 18.7 Å². The zero-order chi connectivity index (χ0) is 47.8. The number of imidazole rings is 1. The van der Waals surface area contributed by atoms with Crippen molar-refractivity contribution in [3.05, 3.63) is 92.2 Å². The first-order valence-corrected chi connectivity index (χ1v) is 24.7. The normalized spacial score (nSPS) is 24.9. The molecule has 28 nitrogen and oxygen atoms in total. The number of nitrogens with zero attached hydrogens (tertiary/aromatic N) is 7. The smallest absolute Gasteiger partial charge is 0.490 e. The van der Waals surface area contributed by atoms with Gasteiger partial charge in [0, 0.05) is 24.7 Å². The molecule has 32 heteroatoms. The molecule has 3 aromatic heterocycles. The Balaban J connectivity index is 0.902. The predicted molar refractivity (Wildman–Crippen MR) is 233 cm³/mol. The molecule has 9 atom stereocenters. The van der Waals surface area contributed by atoms with Crippen LogP contribution in [0.15, 0.2) is 70.5 Å². The lowest BCUT2D eigenvalue weighted by Crippen LogP contribution is -2.56. The van der Waals surface area contributed by atoms with E-state index in [0.29, 0.717) is 17.3 Å². The standard InChI is InChI=1S/C35H43ClN11O17P3/c36-20-6-8-21(9-7-20)58-11-10-45-18-47(30-26(45)32(51)43-35(38)41-30)24-14-44(12-19-4-2-1-3-5-19)13-22(61-24)15-59-65(52,53)63-67(56,57)64-66(54,55)60-16-23-27(48)28(49)33(62-23)46-17-39-25-29(46)40-34(37)42-31(25)50/h1-9,17,22-24,27-28,33,48-49H,10-16,18H2,(H,52,53)(H,54,55)(H,56,57)(H3,37,40,42,50)(H3,38,41,43,51)/t22-,23+,24+,27+,28+,33+/m0/s1. The van der Waals surface area contributed by atoms with E-state index in [1.165, 1.54) is 0 Å². The van der Waals surface area contributed by atoms with Crippen molar-refractivity contribution in [3.8, 4) is 5.75 Å². The molecular weight excluding hydrogens is 975 g/mol. The summed E-state index contributed by atoms with van der Waals surface area (Å²) in [5, 5.41) is 21.8. The number of H-pyrrole nitrogens is 2. The topological polar surface area (TPSA) is 388 Å². The molecule has 362 valence electrons. The lowest BCUT2D eigenvalue weighted by Gasteiger charge is -2.42. The summed E-state index contributed by atoms with van der Waals surface area (Å²) < 4.78 is 75.9. The Kier molecular flexibility index (Phi) is 14.3. The first-order valence-electron chi connectivity index (χ1n) is 19.9. The molecule has 0 amide bonds. The van der Waals surface area contributed by atoms with Gasteiger partial charge in [-0.05, 0) is 29.8 Å². The number of nitrogens with one attached hydrogen (secondary N) is 2. The molecule has 0 aliphatic carbocycles. The third kappa shape index (κ3) is 11.5. The lowest BCUT2D eigenvalue weighted by atomic mass is 10.1. The van der Waals surface area contributed by atoms with Crippen LogP contribution in [0.25, 0.3) is 11.2 Å². The summed E-state index contributed by atoms with van der Waals surface area (Å²) in [4.78, 5) is 78.9. The zero-order valence-corrected chi connectivity index (χ0v) is 38.0. The van der Waals surface area contributed by atoms with Crippen LogP contribution in [0.4, 0.5) is 23.4 Å². The molecule has 5 aromatic rings. The monoisotopic (exact) mass is 1020 g/mol. The maximum absolute atomic E-state index is 13.3. The number of morpholine rings is 1. The van der Waals surface area contributed by atoms with Crippen molar-refractivity contribution < 1.29 is 70.5 Å². The average Bonchev–Trinajstić information content (AvgIpc) is 3.92. The minimum absolute atomic E-state index is 0.0658. The molecule has 0 bridgehead atoms. The maximum Gasteiger partial charge on any atom is 0.490 e. The Bertz CT molecular complexity index is 2850. The number of nitrogens with two attached hydrogens (primary N) is 2. The van der Waals surface area contributed by atoms with Crippen molar-refractivity contribution >= 4 is 69.6 Å². The second kappa shape index (κ2) is 19.6. The molecule has 0 spiro atoms. The number of aromatic amines is 2. The number of hydrogen-bond acceptors (Lipinski definition) is 22. The molecule has 2 aromatic carbocycles. The number of ether oxygens (including phenoxy) is 3. The van der Waals surface area contributed by atoms with Crippen molar-refractivity contribution in [3.63, 3.8) is 0 Å². The summed E-state index contributed by atoms with van der Waals surface area (Å²) in [5.74, 6) is 0.264. The highest BCUT2D eigenvalue weighted by atomic mass is 35.5. The molecule has 3 aliphatic heterocycles. The Morgan fingerprint density at radius 2 is 1.51 bits per heavy atom. The summed E-state index contributed by atoms with van der Waals surface area (Å²) in [6.07, 6.45) is -7.55. The van der Waals surface area contributed by atoms with E-state index in [1.807, 2.05) is 35.2 Å². The number of fused-ring (bicyclic) bond motifs is 2. The molecule has 2 saturated heterocycles. The number of benzene rings is 2. The van der Waals surface area contributed by atoms with E-state index in [2.05, 4.69) is 33.5 Å². The van der Waals surface area contributed by atoms with E-state index in [9.17, 15) is 48.2 Å². The van der Waals surface area contributed by atoms with E-state index < -0.39 is 84.7 Å². The van der Waals surface area contributed by atoms with E-state index >= 15 is 0 Å². The van der Waals surface area contributed by atoms with Gasteiger partial charge in [-0.1, -0.05) is 41.9 Å². The molecule has 11 N–H and O–H groups in total. The molecule has 3 aliphatic rings. The maximum atomic E-state index is 13.3. The van der Waals surface area contributed by atoms with Crippen molar-refractivity contribution in [1.82, 2.24) is 34.4 Å². The quantitative estimate of drug-likeness (QED) is 0.0543. The van der Waals surface area contributed by atoms with Crippen LogP contribution in [-0.2, 0) is 47.4 Å². The van der Waals surface area contributed by atoms with Crippen molar-refractivity contribution in [2.45, 2.75) is 43.4 Å². The van der Waals surface area contributed by atoms with Gasteiger partial charge >= 0.3 is 23.5 Å². The fraction of sp³-hybridized carbons (Fsp3) is 0.400. The van der Waals surface area contributed by atoms with Gasteiger partial charge in [-0.15, -0.1) is 0 Å². The first kappa shape index (κ1) is 48.6. The average molecular weight is 1020 g/mol. The van der Waals surface area contributed by atoms with Gasteiger partial charge in [0.2, 0.25) is 11.9 Å². The fourth-order valence-electron chi connectivity index (χ4n) is 7.51. The van der Waals surface area contributed by atoms with Crippen LogP contribution in [0.3, 0.4) is 0 Å². The highest BCUT2D eigenvalue weighted by Gasteiger charge is 2.48. The van der Waals surface area contributed by atoms with Gasteiger partial charge in [-0.2, -0.15) is 18.6 Å². The summed E-state index contributed by atoms with van der Waals surface area (Å²) >= 11 is 5.99. The zero-order valence-electron chi connectivity index (χ0n) is 34.5. The van der Waals surface area contributed by atoms with Gasteiger partial charge in [0.1, 0.15) is 42.6 Å². The highest BCUT2D eigenvalue weighted by Crippen LogP contribution is 2.67. The third-order valence-corrected chi connectivity index (χ3v) is 14.9. The molecular formula is C35H43ClN11O17P3. The molecule has 0 saturated carbocycles. The largest absolute Gasteiger partial charge is 0.492 e. The van der Waals surface area contributed by atoms with E-state index in [-0.39, 0.29) is 67.5 Å². The molecule has 0 radical (unpaired) electrons. The van der Waals surface area contributed by atoms with E-state index in [1.54, 1.807) is 34.1 Å². The Morgan fingerprint density at radius 3 is 2.22 bits per heavy atom. The first-order chi connectivity index (χ1) is 31.7. The number of phosphoric ester groups is 2. The Hall–Kier alpha value is -4.83. The van der Waals surface area contributed by atoms with Gasteiger partial charge in [-0.3, -0.25) is 38.1 Å². The van der Waals surface area contributed by atoms with Gasteiger partial charge < -0.3 is 60.4 Å². The predicted octanol–water partition coefficient (Wildman–Crippen LogP) is 0.598. The second-order valence-electron chi connectivity index (χ2n) is 15.2. The lowest BCUT2D eigenvalue weighted by molar-refractivity contribution is -0.103. The second-order valence-corrected chi connectivity index (χ2v) is 20.2. The number of halogens is 1. The molecule has 8 rings (SSSR count). The minimum Gasteiger partial charge on any atom is -0.492 e. The summed E-state index contributed by atoms with van der Waals surface area (Å²) in [5.41, 5.74) is 11.1. The summed E-state index contributed by atoms with van der Waals surface area (Å²) in [7, 11) is -17.3. The van der Waals surface area contributed by atoms with Gasteiger partial charge in [0.05, 0.1) is 38.9 Å². The number of rotatable bonds is 18. The number of aliphatic hydroxyl groups excluding tert-OH is 2. The van der Waals surface area contributed by atoms with Crippen LogP contribution in [-0.4, -0.2) is 136 Å². The van der Waals surface area contributed by atoms with E-state index in [4.69, 9.17) is 46.3 Å². The summed E-state index contributed by atoms with van der Waals surface area (Å²) in [6.45, 7) is -0.739. The molecule has 3 unspecified atom stereocenters. The Labute approximate surface area is 382 Å². The third-order valence-electron chi connectivity index (χ3n) is 10.4. The van der Waals surface area contributed by atoms with Gasteiger partial charge in [0.25, 0.3) is 11.1 Å². The molecule has 6 heterocycles. The van der Waals surface area contributed by atoms with Crippen molar-refractivity contribution in [2.75, 3.05) is 67.4 Å². The SMILES string of the molecule is Nc1nc2c(c(=O)[nH]1)N(CCOc1ccc(Cl)cc1)CN2[C@H]1CN(Cc2ccccc2)C[C@@H](COP(=O)(O)OP(=O)(O)OP(=O)(O)OC[C@H]2O[C@@H](n3cnc4c(=O)[nH]c(N)nc43)[C@H](O)[C@@H]2O)O1. The van der Waals surface area contributed by atoms with E-state index in [0.717, 1.165) is 16.5 Å². The number of phosphoric acid groups is 3. The number of nitrogen functional groups attached to an aromatic ring is 2. The Morgan fingerprint density at radius 1 is 0.836 bits per heavy atom. The minimum atomic E-state index is -5.98. The summed E-state index contributed by atoms with van der Waals surface area (Å²) in [6, 6.07) is 16.0. The molecule has 67 heavy (non-hydrogen) atoms. The molecule has 2 fully saturated rings. The van der Waals surface area contributed by atoms with Crippen LogP contribution in [0.2, 0.25) is 5.02 Å². The number of aliphatic hydroxyl groups is 2.